The van der Waals surface area contributed by atoms with Gasteiger partial charge < -0.3 is 4.57 Å². The van der Waals surface area contributed by atoms with E-state index in [-0.39, 0.29) is 67.3 Å². The Hall–Kier alpha value is -7.63. The van der Waals surface area contributed by atoms with Gasteiger partial charge in [0.15, 0.2) is 11.6 Å². The number of benzene rings is 8. The summed E-state index contributed by atoms with van der Waals surface area (Å²) < 4.78 is 95.6. The van der Waals surface area contributed by atoms with Gasteiger partial charge >= 0.3 is 0 Å². The topological polar surface area (TPSA) is 48.5 Å². The van der Waals surface area contributed by atoms with Crippen molar-refractivity contribution in [3.05, 3.63) is 200 Å². The molecule has 11 rings (SSSR count). The number of nitrogens with zero attached hydrogens (tertiary/aromatic N) is 5. The van der Waals surface area contributed by atoms with Crippen LogP contribution in [0.15, 0.2) is 200 Å². The number of rotatable bonds is 6. The highest BCUT2D eigenvalue weighted by Crippen LogP contribution is 2.42. The first kappa shape index (κ1) is 23.2. The van der Waals surface area contributed by atoms with Gasteiger partial charge in [0, 0.05) is 38.4 Å². The molecule has 0 aliphatic rings. The van der Waals surface area contributed by atoms with Gasteiger partial charge in [0.05, 0.1) is 35.8 Å². The Labute approximate surface area is 337 Å². The Kier molecular flexibility index (Phi) is 5.41. The van der Waals surface area contributed by atoms with Crippen LogP contribution in [0.3, 0.4) is 0 Å². The summed E-state index contributed by atoms with van der Waals surface area (Å²) in [5, 5.41) is -0.0496. The molecule has 56 heavy (non-hydrogen) atoms. The maximum Gasteiger partial charge on any atom is 0.238 e. The van der Waals surface area contributed by atoms with Crippen molar-refractivity contribution in [2.24, 2.45) is 0 Å². The summed E-state index contributed by atoms with van der Waals surface area (Å²) in [4.78, 5) is 14.9. The van der Waals surface area contributed by atoms with Crippen molar-refractivity contribution in [3.63, 3.8) is 0 Å². The molecule has 0 atom stereocenters. The van der Waals surface area contributed by atoms with Crippen LogP contribution in [-0.2, 0) is 0 Å². The van der Waals surface area contributed by atoms with Crippen LogP contribution in [0.2, 0.25) is 0 Å². The van der Waals surface area contributed by atoms with E-state index in [0.29, 0.717) is 16.8 Å². The Morgan fingerprint density at radius 2 is 0.804 bits per heavy atom. The van der Waals surface area contributed by atoms with Gasteiger partial charge in [-0.2, -0.15) is 9.97 Å². The van der Waals surface area contributed by atoms with Crippen LogP contribution >= 0.6 is 0 Å². The van der Waals surface area contributed by atoms with Crippen molar-refractivity contribution in [2.75, 3.05) is 0 Å². The average molecular weight is 726 g/mol. The largest absolute Gasteiger partial charge is 0.307 e. The van der Waals surface area contributed by atoms with Gasteiger partial charge in [-0.25, -0.2) is 4.98 Å². The summed E-state index contributed by atoms with van der Waals surface area (Å²) in [5.41, 5.74) is 5.58. The molecule has 5 nitrogen and oxygen atoms in total. The molecule has 11 aromatic rings. The highest BCUT2D eigenvalue weighted by atomic mass is 15.2. The van der Waals surface area contributed by atoms with Gasteiger partial charge in [-0.1, -0.05) is 170 Å². The highest BCUT2D eigenvalue weighted by Gasteiger charge is 2.23. The van der Waals surface area contributed by atoms with Gasteiger partial charge in [0.1, 0.15) is 0 Å². The standard InChI is InChI=1S/C51H33N5/c1-4-16-34(17-5-1)37-22-14-23-38(32-37)39-24-15-25-40(33-39)55-45-28-12-10-26-41(45)43-30-31-44-42-27-11-13-29-46(42)56(48(44)47(43)55)51-53-49(35-18-6-2-7-19-35)52-50(54-51)36-20-8-3-9-21-36/h1-33H/i10D,11D,12D,13D,26D,27D,28D,29D,30D,31D. The normalized spacial score (nSPS) is 14.1. The molecule has 0 unspecified atom stereocenters. The van der Waals surface area contributed by atoms with E-state index in [1.54, 1.807) is 10.6 Å². The van der Waals surface area contributed by atoms with Crippen LogP contribution < -0.4 is 0 Å². The van der Waals surface area contributed by atoms with Crippen LogP contribution in [0.25, 0.3) is 100 Å². The number of hydrogen-bond acceptors (Lipinski definition) is 3. The van der Waals surface area contributed by atoms with E-state index in [2.05, 4.69) is 6.07 Å². The molecule has 3 aromatic heterocycles. The van der Waals surface area contributed by atoms with Crippen molar-refractivity contribution in [3.8, 4) is 56.7 Å². The van der Waals surface area contributed by atoms with Crippen molar-refractivity contribution < 1.29 is 13.7 Å². The Morgan fingerprint density at radius 3 is 1.39 bits per heavy atom. The molecule has 0 fully saturated rings. The second kappa shape index (κ2) is 13.0. The molecule has 0 N–H and O–H groups in total. The van der Waals surface area contributed by atoms with Crippen LogP contribution in [-0.4, -0.2) is 24.1 Å². The molecule has 0 aliphatic heterocycles. The summed E-state index contributed by atoms with van der Waals surface area (Å²) >= 11 is 0. The van der Waals surface area contributed by atoms with E-state index in [4.69, 9.17) is 20.4 Å². The number of fused-ring (bicyclic) bond motifs is 7. The zero-order chi connectivity index (χ0) is 45.7. The fraction of sp³-hybridized carbons (Fsp3) is 0. The van der Waals surface area contributed by atoms with Crippen molar-refractivity contribution in [1.29, 1.82) is 0 Å². The van der Waals surface area contributed by atoms with E-state index in [9.17, 15) is 8.22 Å². The number of hydrogen-bond donors (Lipinski definition) is 0. The van der Waals surface area contributed by atoms with Crippen LogP contribution in [0, 0.1) is 0 Å². The summed E-state index contributed by atoms with van der Waals surface area (Å²) in [7, 11) is 0. The first-order valence-corrected chi connectivity index (χ1v) is 18.1. The van der Waals surface area contributed by atoms with Gasteiger partial charge in [-0.05, 0) is 52.5 Å². The van der Waals surface area contributed by atoms with E-state index < -0.39 is 54.4 Å². The van der Waals surface area contributed by atoms with Gasteiger partial charge in [-0.3, -0.25) is 4.57 Å². The molecule has 0 spiro atoms. The van der Waals surface area contributed by atoms with Gasteiger partial charge in [0.2, 0.25) is 5.95 Å². The summed E-state index contributed by atoms with van der Waals surface area (Å²) in [6.07, 6.45) is 0. The maximum atomic E-state index is 9.71. The lowest BCUT2D eigenvalue weighted by Gasteiger charge is -2.14. The highest BCUT2D eigenvalue weighted by molar-refractivity contribution is 6.23. The zero-order valence-electron chi connectivity index (χ0n) is 39.5. The van der Waals surface area contributed by atoms with Crippen molar-refractivity contribution in [2.45, 2.75) is 0 Å². The molecular formula is C51H33N5. The first-order chi connectivity index (χ1) is 31.9. The lowest BCUT2D eigenvalue weighted by Crippen LogP contribution is -2.07. The monoisotopic (exact) mass is 725 g/mol. The summed E-state index contributed by atoms with van der Waals surface area (Å²) in [6, 6.07) is 39.2. The van der Waals surface area contributed by atoms with Crippen LogP contribution in [0.4, 0.5) is 0 Å². The van der Waals surface area contributed by atoms with E-state index in [0.717, 1.165) is 22.3 Å². The minimum absolute atomic E-state index is 0.00478. The van der Waals surface area contributed by atoms with Crippen LogP contribution in [0.5, 0.6) is 0 Å². The molecule has 0 bridgehead atoms. The maximum absolute atomic E-state index is 9.71. The predicted octanol–water partition coefficient (Wildman–Crippen LogP) is 12.7. The molecule has 5 heteroatoms. The third-order valence-electron chi connectivity index (χ3n) is 10.0. The number of aromatic nitrogens is 5. The molecule has 0 radical (unpaired) electrons. The Balaban J connectivity index is 1.36. The molecule has 0 amide bonds. The first-order valence-electron chi connectivity index (χ1n) is 23.1. The third-order valence-corrected chi connectivity index (χ3v) is 10.0. The average Bonchev–Trinajstić information content (AvgIpc) is 3.91. The molecule has 8 aromatic carbocycles. The minimum atomic E-state index is -0.547. The summed E-state index contributed by atoms with van der Waals surface area (Å²) in [6.45, 7) is 0. The molecule has 262 valence electrons. The molecule has 0 aliphatic carbocycles. The molecule has 0 saturated carbocycles. The summed E-state index contributed by atoms with van der Waals surface area (Å²) in [5.74, 6) is 0.439. The third kappa shape index (κ3) is 5.21. The zero-order valence-corrected chi connectivity index (χ0v) is 29.5. The fourth-order valence-electron chi connectivity index (χ4n) is 7.50. The Morgan fingerprint density at radius 1 is 0.357 bits per heavy atom. The minimum Gasteiger partial charge on any atom is -0.307 e. The lowest BCUT2D eigenvalue weighted by atomic mass is 9.99. The van der Waals surface area contributed by atoms with Gasteiger partial charge in [0.25, 0.3) is 0 Å². The molecule has 3 heterocycles. The second-order valence-corrected chi connectivity index (χ2v) is 13.3. The SMILES string of the molecule is [2H]c1c([2H])c([2H])c2c(c1[2H])c1c([2H])c([2H])c3c4c([2H])c([2H])c([2H])c([2H])c4n(-c4nc(-c5ccccc5)nc(-c5ccccc5)n4)c3c1n2-c1cccc(-c2cccc(-c3ccccc3)c2)c1. The number of para-hydroxylation sites is 2. The lowest BCUT2D eigenvalue weighted by molar-refractivity contribution is 0.953. The quantitative estimate of drug-likeness (QED) is 0.171. The van der Waals surface area contributed by atoms with Gasteiger partial charge in [-0.15, -0.1) is 0 Å². The smallest absolute Gasteiger partial charge is 0.238 e. The van der Waals surface area contributed by atoms with Crippen molar-refractivity contribution in [1.82, 2.24) is 24.1 Å². The Bertz CT molecular complexity index is 3760. The van der Waals surface area contributed by atoms with Crippen LogP contribution in [0.1, 0.15) is 13.7 Å². The van der Waals surface area contributed by atoms with Crippen molar-refractivity contribution >= 4 is 43.6 Å². The van der Waals surface area contributed by atoms with E-state index in [1.165, 1.54) is 4.57 Å². The fourth-order valence-corrected chi connectivity index (χ4v) is 7.50. The molecular weight excluding hydrogens is 683 g/mol. The van der Waals surface area contributed by atoms with E-state index in [1.807, 2.05) is 127 Å². The second-order valence-electron chi connectivity index (χ2n) is 13.3. The van der Waals surface area contributed by atoms with E-state index >= 15 is 0 Å². The molecule has 0 saturated heterocycles. The predicted molar refractivity (Wildman–Crippen MR) is 230 cm³/mol.